The number of nitrogens with zero attached hydrogens (tertiary/aromatic N) is 3. The number of aliphatic hydroxyl groups is 1. The van der Waals surface area contributed by atoms with Crippen LogP contribution >= 0.6 is 11.3 Å². The van der Waals surface area contributed by atoms with Gasteiger partial charge in [0.25, 0.3) is 11.8 Å². The van der Waals surface area contributed by atoms with Crippen molar-refractivity contribution in [2.24, 2.45) is 11.1 Å². The van der Waals surface area contributed by atoms with E-state index in [9.17, 15) is 14.7 Å². The third-order valence-electron chi connectivity index (χ3n) is 7.46. The van der Waals surface area contributed by atoms with Crippen molar-refractivity contribution in [3.8, 4) is 22.2 Å². The number of carbonyl (C=O) groups excluding carboxylic acids is 2. The lowest BCUT2D eigenvalue weighted by Crippen LogP contribution is -2.58. The van der Waals surface area contributed by atoms with E-state index >= 15 is 0 Å². The molecule has 0 radical (unpaired) electrons. The number of hydrogen-bond donors (Lipinski definition) is 3. The van der Waals surface area contributed by atoms with E-state index in [2.05, 4.69) is 15.4 Å². The predicted molar refractivity (Wildman–Crippen MR) is 150 cm³/mol. The number of thiazole rings is 1. The zero-order chi connectivity index (χ0) is 28.1. The van der Waals surface area contributed by atoms with E-state index in [0.29, 0.717) is 32.6 Å². The number of primary amides is 1. The third kappa shape index (κ3) is 5.26. The van der Waals surface area contributed by atoms with Crippen LogP contribution in [-0.2, 0) is 0 Å². The minimum absolute atomic E-state index is 0.0343. The Balaban J connectivity index is 1.02. The lowest BCUT2D eigenvalue weighted by atomic mass is 9.53. The lowest BCUT2D eigenvalue weighted by Gasteiger charge is -2.57. The fraction of sp³-hybridized carbons (Fsp3) is 0.379. The van der Waals surface area contributed by atoms with Crippen LogP contribution in [0.3, 0.4) is 0 Å². The second kappa shape index (κ2) is 9.90. The summed E-state index contributed by atoms with van der Waals surface area (Å²) in [5, 5.41) is 18.0. The monoisotopic (exact) mass is 561 g/mol. The van der Waals surface area contributed by atoms with Crippen LogP contribution in [0.4, 0.5) is 0 Å². The Kier molecular flexibility index (Phi) is 6.50. The average Bonchev–Trinajstić information content (AvgIpc) is 3.49. The number of pyridine rings is 1. The van der Waals surface area contributed by atoms with Crippen LogP contribution in [0.2, 0.25) is 0 Å². The van der Waals surface area contributed by atoms with Gasteiger partial charge in [0, 0.05) is 11.6 Å². The Morgan fingerprint density at radius 1 is 1.18 bits per heavy atom. The topological polar surface area (TPSA) is 141 Å². The van der Waals surface area contributed by atoms with Crippen molar-refractivity contribution in [1.29, 1.82) is 0 Å². The highest BCUT2D eigenvalue weighted by atomic mass is 32.1. The molecule has 40 heavy (non-hydrogen) atoms. The molecule has 2 saturated carbocycles. The highest BCUT2D eigenvalue weighted by molar-refractivity contribution is 7.17. The molecule has 0 bridgehead atoms. The molecule has 0 aliphatic heterocycles. The van der Waals surface area contributed by atoms with Gasteiger partial charge in [-0.1, -0.05) is 30.3 Å². The number of aromatic nitrogens is 3. The molecule has 2 fully saturated rings. The second-order valence-electron chi connectivity index (χ2n) is 11.5. The lowest BCUT2D eigenvalue weighted by molar-refractivity contribution is -0.0845. The van der Waals surface area contributed by atoms with Gasteiger partial charge < -0.3 is 25.6 Å². The van der Waals surface area contributed by atoms with Gasteiger partial charge in [0.2, 0.25) is 5.88 Å². The van der Waals surface area contributed by atoms with E-state index in [0.717, 1.165) is 31.2 Å². The normalized spacial score (nSPS) is 22.0. The summed E-state index contributed by atoms with van der Waals surface area (Å²) in [6.45, 7) is 3.49. The number of rotatable bonds is 9. The molecule has 0 atom stereocenters. The highest BCUT2D eigenvalue weighted by Crippen LogP contribution is 2.57. The van der Waals surface area contributed by atoms with E-state index in [1.54, 1.807) is 42.9 Å². The maximum Gasteiger partial charge on any atom is 0.264 e. The number of amides is 2. The fourth-order valence-electron chi connectivity index (χ4n) is 5.56. The average molecular weight is 562 g/mol. The number of carbonyl (C=O) groups is 2. The first-order chi connectivity index (χ1) is 19.1. The first-order valence-corrected chi connectivity index (χ1v) is 14.1. The summed E-state index contributed by atoms with van der Waals surface area (Å²) in [4.78, 5) is 29.9. The van der Waals surface area contributed by atoms with Gasteiger partial charge in [-0.05, 0) is 57.1 Å². The molecule has 0 unspecified atom stereocenters. The van der Waals surface area contributed by atoms with Crippen LogP contribution in [-0.4, -0.2) is 55.9 Å². The number of fused-ring (bicyclic) bond motifs is 1. The minimum Gasteiger partial charge on any atom is -0.489 e. The molecule has 2 aliphatic rings. The van der Waals surface area contributed by atoms with Crippen molar-refractivity contribution < 1.29 is 24.2 Å². The van der Waals surface area contributed by atoms with Crippen molar-refractivity contribution in [2.45, 2.75) is 57.3 Å². The predicted octanol–water partition coefficient (Wildman–Crippen LogP) is 3.83. The fourth-order valence-corrected chi connectivity index (χ4v) is 6.42. The Bertz CT molecular complexity index is 1560. The van der Waals surface area contributed by atoms with Crippen LogP contribution in [0, 0.1) is 5.41 Å². The van der Waals surface area contributed by atoms with Crippen LogP contribution in [0.15, 0.2) is 54.9 Å². The molecule has 208 valence electrons. The summed E-state index contributed by atoms with van der Waals surface area (Å²) >= 11 is 1.25. The van der Waals surface area contributed by atoms with Gasteiger partial charge >= 0.3 is 0 Å². The summed E-state index contributed by atoms with van der Waals surface area (Å²) in [5.41, 5.74) is 6.89. The molecule has 1 spiro atoms. The maximum absolute atomic E-state index is 13.0. The highest BCUT2D eigenvalue weighted by Gasteiger charge is 2.54. The second-order valence-corrected chi connectivity index (χ2v) is 12.5. The summed E-state index contributed by atoms with van der Waals surface area (Å²) in [6, 6.07) is 13.3. The first-order valence-electron chi connectivity index (χ1n) is 13.2. The largest absolute Gasteiger partial charge is 0.489 e. The molecule has 2 aliphatic carbocycles. The maximum atomic E-state index is 13.0. The first kappa shape index (κ1) is 26.3. The van der Waals surface area contributed by atoms with E-state index in [-0.39, 0.29) is 30.1 Å². The number of benzene rings is 1. The molecular formula is C29H31N5O5S. The van der Waals surface area contributed by atoms with Gasteiger partial charge in [0.05, 0.1) is 29.1 Å². The molecule has 4 aromatic rings. The molecule has 6 rings (SSSR count). The summed E-state index contributed by atoms with van der Waals surface area (Å²) in [6.07, 6.45) is 6.66. The van der Waals surface area contributed by atoms with Crippen LogP contribution in [0.1, 0.15) is 59.6 Å². The van der Waals surface area contributed by atoms with E-state index < -0.39 is 11.5 Å². The van der Waals surface area contributed by atoms with Gasteiger partial charge in [-0.3, -0.25) is 9.59 Å². The Labute approximate surface area is 235 Å². The zero-order valence-corrected chi connectivity index (χ0v) is 23.1. The van der Waals surface area contributed by atoms with Crippen LogP contribution in [0.5, 0.6) is 11.6 Å². The standard InChI is InChI=1S/C29H31N5O5S/c1-28(2,37)16-38-19-8-9-22-21(14-31-34(22)15-19)25(36)32-18-10-29(11-18)12-20(13-29)39-26-23(24(30)35)40-27(33-26)17-6-4-3-5-7-17/h3-9,14-15,18,20,37H,10-13,16H2,1-2H3,(H2,30,35)(H,32,36)/t18-,20-,29?. The van der Waals surface area contributed by atoms with Gasteiger partial charge in [-0.15, -0.1) is 11.3 Å². The van der Waals surface area contributed by atoms with Crippen LogP contribution in [0.25, 0.3) is 16.1 Å². The van der Waals surface area contributed by atoms with Crippen molar-refractivity contribution in [3.05, 3.63) is 65.3 Å². The van der Waals surface area contributed by atoms with E-state index in [4.69, 9.17) is 15.2 Å². The van der Waals surface area contributed by atoms with Crippen molar-refractivity contribution in [2.75, 3.05) is 6.61 Å². The van der Waals surface area contributed by atoms with Crippen molar-refractivity contribution >= 4 is 28.7 Å². The molecule has 3 aromatic heterocycles. The summed E-state index contributed by atoms with van der Waals surface area (Å²) < 4.78 is 13.3. The van der Waals surface area contributed by atoms with E-state index in [1.807, 2.05) is 30.3 Å². The molecule has 1 aromatic carbocycles. The number of nitrogens with one attached hydrogen (secondary N) is 1. The quantitative estimate of drug-likeness (QED) is 0.282. The number of nitrogens with two attached hydrogens (primary N) is 1. The molecule has 4 N–H and O–H groups in total. The van der Waals surface area contributed by atoms with Crippen LogP contribution < -0.4 is 20.5 Å². The molecular weight excluding hydrogens is 530 g/mol. The van der Waals surface area contributed by atoms with E-state index in [1.165, 1.54) is 11.3 Å². The van der Waals surface area contributed by atoms with Gasteiger partial charge in [0.1, 0.15) is 23.5 Å². The van der Waals surface area contributed by atoms with Crippen molar-refractivity contribution in [1.82, 2.24) is 19.9 Å². The molecule has 10 nitrogen and oxygen atoms in total. The SMILES string of the molecule is CC(C)(O)COc1ccc2c(C(=O)N[C@H]3CC4(C3)C[C@H](Oc3nc(-c5ccccc5)sc3C(N)=O)C4)cnn2c1. The van der Waals surface area contributed by atoms with Gasteiger partial charge in [-0.25, -0.2) is 9.50 Å². The number of hydrogen-bond acceptors (Lipinski definition) is 8. The summed E-state index contributed by atoms with van der Waals surface area (Å²) in [7, 11) is 0. The number of ether oxygens (including phenoxy) is 2. The van der Waals surface area contributed by atoms with Crippen molar-refractivity contribution in [3.63, 3.8) is 0 Å². The van der Waals surface area contributed by atoms with Gasteiger partial charge in [0.15, 0.2) is 4.88 Å². The smallest absolute Gasteiger partial charge is 0.264 e. The molecule has 2 amide bonds. The molecule has 0 saturated heterocycles. The Morgan fingerprint density at radius 3 is 2.62 bits per heavy atom. The van der Waals surface area contributed by atoms with Gasteiger partial charge in [-0.2, -0.15) is 5.10 Å². The molecule has 3 heterocycles. The minimum atomic E-state index is -0.948. The third-order valence-corrected chi connectivity index (χ3v) is 8.56. The zero-order valence-electron chi connectivity index (χ0n) is 22.3. The Hall–Kier alpha value is -3.96. The Morgan fingerprint density at radius 2 is 1.93 bits per heavy atom. The summed E-state index contributed by atoms with van der Waals surface area (Å²) in [5.74, 6) is 0.168. The molecule has 11 heteroatoms.